The van der Waals surface area contributed by atoms with Gasteiger partial charge < -0.3 is 9.47 Å². The number of hydrogen-bond donors (Lipinski definition) is 0. The number of unbranched alkanes of at least 4 members (excludes halogenated alkanes) is 4. The van der Waals surface area contributed by atoms with E-state index in [1.165, 1.54) is 24.3 Å². The van der Waals surface area contributed by atoms with Gasteiger partial charge in [0.15, 0.2) is 0 Å². The maximum Gasteiger partial charge on any atom is 0.238 e. The van der Waals surface area contributed by atoms with Crippen LogP contribution in [-0.4, -0.2) is 37.5 Å². The molecule has 0 N–H and O–H groups in total. The van der Waals surface area contributed by atoms with Gasteiger partial charge in [-0.2, -0.15) is 0 Å². The second-order valence-corrected chi connectivity index (χ2v) is 19.7. The highest BCUT2D eigenvalue weighted by Crippen LogP contribution is 2.52. The van der Waals surface area contributed by atoms with Crippen LogP contribution in [-0.2, 0) is 9.59 Å². The van der Waals surface area contributed by atoms with Crippen molar-refractivity contribution in [1.82, 2.24) is 0 Å². The highest BCUT2D eigenvalue weighted by molar-refractivity contribution is 14.1. The van der Waals surface area contributed by atoms with E-state index in [0.717, 1.165) is 129 Å². The van der Waals surface area contributed by atoms with E-state index in [9.17, 15) is 18.4 Å². The summed E-state index contributed by atoms with van der Waals surface area (Å²) in [6.45, 7) is 8.66. The summed E-state index contributed by atoms with van der Waals surface area (Å²) < 4.78 is 40.1. The average molecular weight is 1040 g/mol. The van der Waals surface area contributed by atoms with Crippen LogP contribution in [0, 0.1) is 26.0 Å². The van der Waals surface area contributed by atoms with Crippen LogP contribution in [0.3, 0.4) is 0 Å². The number of carbonyl (C=O) groups excluding carboxylic acids is 2. The Labute approximate surface area is 386 Å². The number of halogens is 4. The van der Waals surface area contributed by atoms with Crippen molar-refractivity contribution in [1.29, 1.82) is 0 Å². The quantitative estimate of drug-likeness (QED) is 0.104. The summed E-state index contributed by atoms with van der Waals surface area (Å²) in [4.78, 5) is 34.0. The summed E-state index contributed by atoms with van der Waals surface area (Å²) in [5.74, 6) is 2.66. The van der Waals surface area contributed by atoms with E-state index in [2.05, 4.69) is 66.2 Å². The molecule has 2 amide bonds. The molecule has 0 aromatic heterocycles. The van der Waals surface area contributed by atoms with Crippen molar-refractivity contribution >= 4 is 96.6 Å². The highest BCUT2D eigenvalue weighted by atomic mass is 127. The van der Waals surface area contributed by atoms with Gasteiger partial charge >= 0.3 is 0 Å². The van der Waals surface area contributed by atoms with Gasteiger partial charge in [0.05, 0.1) is 44.5 Å². The van der Waals surface area contributed by atoms with Crippen LogP contribution in [0.4, 0.5) is 31.5 Å². The smallest absolute Gasteiger partial charge is 0.238 e. The molecule has 4 aromatic rings. The molecule has 0 spiro atoms. The van der Waals surface area contributed by atoms with Crippen LogP contribution in [0.1, 0.15) is 105 Å². The molecule has 0 aliphatic carbocycles. The lowest BCUT2D eigenvalue weighted by Crippen LogP contribution is -2.42. The normalized spacial score (nSPS) is 15.6. The monoisotopic (exact) mass is 1030 g/mol. The summed E-state index contributed by atoms with van der Waals surface area (Å²) in [5.41, 5.74) is 2.21. The van der Waals surface area contributed by atoms with Gasteiger partial charge in [0.25, 0.3) is 0 Å². The number of rotatable bonds is 16. The molecule has 0 atom stereocenters. The lowest BCUT2D eigenvalue weighted by Gasteiger charge is -2.35. The summed E-state index contributed by atoms with van der Waals surface area (Å²) in [5, 5.41) is 0. The first-order chi connectivity index (χ1) is 28.9. The maximum absolute atomic E-state index is 14.2. The minimum absolute atomic E-state index is 0.110. The lowest BCUT2D eigenvalue weighted by molar-refractivity contribution is -0.128. The van der Waals surface area contributed by atoms with Crippen LogP contribution in [0.25, 0.3) is 0 Å². The third kappa shape index (κ3) is 11.0. The Kier molecular flexibility index (Phi) is 18.1. The number of thioether (sulfide) groups is 2. The third-order valence-electron chi connectivity index (χ3n) is 11.5. The van der Waals surface area contributed by atoms with Crippen LogP contribution < -0.4 is 19.3 Å². The SMILES string of the molecule is CCCCC1(CCCC)CSc2cc(OC)c(Br)cc2N(c2ccc(F)cc2)C1=O.CCCCC1(CCCC)CSc2cc(OC)c(I)cc2N(c2ccc(F)cc2)C1=O. The van der Waals surface area contributed by atoms with Crippen LogP contribution in [0.2, 0.25) is 0 Å². The third-order valence-corrected chi connectivity index (χ3v) is 15.6. The first-order valence-corrected chi connectivity index (χ1v) is 25.0. The molecule has 60 heavy (non-hydrogen) atoms. The molecule has 0 bridgehead atoms. The Bertz CT molecular complexity index is 1910. The van der Waals surface area contributed by atoms with Crippen molar-refractivity contribution in [3.8, 4) is 11.5 Å². The van der Waals surface area contributed by atoms with E-state index < -0.39 is 10.8 Å². The summed E-state index contributed by atoms with van der Waals surface area (Å²) in [6.07, 6.45) is 11.7. The van der Waals surface area contributed by atoms with Crippen molar-refractivity contribution < 1.29 is 27.8 Å². The van der Waals surface area contributed by atoms with E-state index in [1.54, 1.807) is 66.9 Å². The number of benzene rings is 4. The maximum atomic E-state index is 14.2. The Balaban J connectivity index is 0.000000228. The Morgan fingerprint density at radius 3 is 1.35 bits per heavy atom. The first-order valence-electron chi connectivity index (χ1n) is 21.1. The average Bonchev–Trinajstić information content (AvgIpc) is 3.44. The largest absolute Gasteiger partial charge is 0.496 e. The molecule has 324 valence electrons. The molecule has 12 heteroatoms. The van der Waals surface area contributed by atoms with Gasteiger partial charge in [-0.05, 0) is 137 Å². The number of hydrogen-bond acceptors (Lipinski definition) is 6. The van der Waals surface area contributed by atoms with E-state index in [-0.39, 0.29) is 23.4 Å². The van der Waals surface area contributed by atoms with Gasteiger partial charge in [0.1, 0.15) is 23.1 Å². The van der Waals surface area contributed by atoms with Gasteiger partial charge in [0, 0.05) is 32.7 Å². The molecule has 0 fully saturated rings. The number of ether oxygens (including phenoxy) is 2. The van der Waals surface area contributed by atoms with Crippen molar-refractivity contribution in [2.75, 3.05) is 35.5 Å². The number of methoxy groups -OCH3 is 2. The molecule has 0 saturated carbocycles. The Hall–Kier alpha value is -2.81. The molecule has 0 unspecified atom stereocenters. The van der Waals surface area contributed by atoms with Gasteiger partial charge in [-0.25, -0.2) is 8.78 Å². The first kappa shape index (κ1) is 48.2. The van der Waals surface area contributed by atoms with Gasteiger partial charge in [-0.1, -0.05) is 79.1 Å². The van der Waals surface area contributed by atoms with Crippen molar-refractivity contribution in [2.24, 2.45) is 10.8 Å². The molecule has 2 aliphatic rings. The number of nitrogens with zero attached hydrogens (tertiary/aromatic N) is 2. The topological polar surface area (TPSA) is 59.1 Å². The number of anilines is 4. The zero-order valence-electron chi connectivity index (χ0n) is 35.7. The van der Waals surface area contributed by atoms with E-state index in [4.69, 9.17) is 9.47 Å². The molecule has 2 heterocycles. The van der Waals surface area contributed by atoms with Crippen LogP contribution in [0.15, 0.2) is 87.1 Å². The summed E-state index contributed by atoms with van der Waals surface area (Å²) >= 11 is 9.28. The van der Waals surface area contributed by atoms with Crippen LogP contribution in [0.5, 0.6) is 11.5 Å². The molecule has 6 nitrogen and oxygen atoms in total. The second-order valence-electron chi connectivity index (χ2n) is 15.7. The van der Waals surface area contributed by atoms with E-state index in [1.807, 2.05) is 29.2 Å². The van der Waals surface area contributed by atoms with Crippen molar-refractivity contribution in [2.45, 2.75) is 115 Å². The van der Waals surface area contributed by atoms with Crippen molar-refractivity contribution in [3.05, 3.63) is 92.5 Å². The fourth-order valence-electron chi connectivity index (χ4n) is 7.91. The fourth-order valence-corrected chi connectivity index (χ4v) is 11.7. The molecule has 0 radical (unpaired) electrons. The zero-order chi connectivity index (χ0) is 43.5. The number of fused-ring (bicyclic) bond motifs is 2. The molecule has 2 aliphatic heterocycles. The molecule has 6 rings (SSSR count). The Morgan fingerprint density at radius 1 is 0.617 bits per heavy atom. The molecular formula is C48H58BrF2IN2O4S2. The Morgan fingerprint density at radius 2 is 0.983 bits per heavy atom. The van der Waals surface area contributed by atoms with Crippen molar-refractivity contribution in [3.63, 3.8) is 0 Å². The second kappa shape index (κ2) is 22.5. The summed E-state index contributed by atoms with van der Waals surface area (Å²) in [6, 6.07) is 20.4. The molecule has 4 aromatic carbocycles. The number of amides is 2. The molecular weight excluding hydrogens is 977 g/mol. The highest BCUT2D eigenvalue weighted by Gasteiger charge is 2.45. The lowest BCUT2D eigenvalue weighted by atomic mass is 9.78. The van der Waals surface area contributed by atoms with E-state index >= 15 is 0 Å². The number of carbonyl (C=O) groups is 2. The van der Waals surface area contributed by atoms with Gasteiger partial charge in [-0.3, -0.25) is 19.4 Å². The predicted molar refractivity (Wildman–Crippen MR) is 258 cm³/mol. The fraction of sp³-hybridized carbons (Fsp3) is 0.458. The predicted octanol–water partition coefficient (Wildman–Crippen LogP) is 15.3. The van der Waals surface area contributed by atoms with Gasteiger partial charge in [-0.15, -0.1) is 23.5 Å². The minimum atomic E-state index is -0.441. The van der Waals surface area contributed by atoms with Crippen LogP contribution >= 0.6 is 62.0 Å². The molecule has 0 saturated heterocycles. The summed E-state index contributed by atoms with van der Waals surface area (Å²) in [7, 11) is 3.31. The minimum Gasteiger partial charge on any atom is -0.496 e. The standard InChI is InChI=1S/C24H29BrFNO2S.C24H29FINO2S/c1-4-6-12-24(13-7-5-2)16-30-22-15-21(29-3)19(25)14-20(22)27(23(24)28)18-10-8-17(26)9-11-18;1-4-6-12-24(13-7-5-2)16-30-22-15-21(29-3)19(26)14-20(22)27(23(24)28)18-10-8-17(25)9-11-18/h2*8-11,14-15H,4-7,12-13,16H2,1-3H3. The van der Waals surface area contributed by atoms with E-state index in [0.29, 0.717) is 11.4 Å². The zero-order valence-corrected chi connectivity index (χ0v) is 41.1. The van der Waals surface area contributed by atoms with Gasteiger partial charge in [0.2, 0.25) is 11.8 Å².